The second-order valence-electron chi connectivity index (χ2n) is 7.69. The zero-order chi connectivity index (χ0) is 17.3. The number of hydrogen-bond donors (Lipinski definition) is 1. The number of fused-ring (bicyclic) bond motifs is 1. The molecule has 0 aromatic rings. The first-order valence-electron chi connectivity index (χ1n) is 8.04. The van der Waals surface area contributed by atoms with Gasteiger partial charge in [0, 0.05) is 37.1 Å². The maximum Gasteiger partial charge on any atom is 0.407 e. The molecule has 1 unspecified atom stereocenters. The lowest BCUT2D eigenvalue weighted by Crippen LogP contribution is -2.76. The van der Waals surface area contributed by atoms with E-state index in [9.17, 15) is 18.0 Å². The molecule has 10 heteroatoms. The van der Waals surface area contributed by atoms with Crippen molar-refractivity contribution in [2.75, 3.05) is 39.0 Å². The molecule has 2 bridgehead atoms. The smallest absolute Gasteiger partial charge is 0.407 e. The lowest BCUT2D eigenvalue weighted by Gasteiger charge is -2.72. The molecule has 5 aliphatic rings. The summed E-state index contributed by atoms with van der Waals surface area (Å²) in [6.07, 6.45) is 2.41. The molecule has 0 aromatic carbocycles. The van der Waals surface area contributed by atoms with E-state index >= 15 is 0 Å². The van der Waals surface area contributed by atoms with Crippen LogP contribution in [0, 0.1) is 5.41 Å². The second kappa shape index (κ2) is 4.75. The van der Waals surface area contributed by atoms with Crippen LogP contribution in [0.25, 0.3) is 0 Å². The third-order valence-electron chi connectivity index (χ3n) is 5.89. The van der Waals surface area contributed by atoms with Gasteiger partial charge in [0.05, 0.1) is 18.9 Å². The van der Waals surface area contributed by atoms with E-state index in [4.69, 9.17) is 9.29 Å². The monoisotopic (exact) mass is 359 g/mol. The fraction of sp³-hybridized carbons (Fsp3) is 0.857. The SMILES string of the molecule is CS(=O)(=O)OCC12CC(N3CC4CN(C(=O)O)CCN4C3=O)(C1)C2. The summed E-state index contributed by atoms with van der Waals surface area (Å²) in [5, 5.41) is 9.12. The number of nitrogens with zero attached hydrogens (tertiary/aromatic N) is 3. The molecule has 2 aliphatic heterocycles. The molecule has 3 amide bonds. The van der Waals surface area contributed by atoms with Gasteiger partial charge in [-0.25, -0.2) is 9.59 Å². The summed E-state index contributed by atoms with van der Waals surface area (Å²) < 4.78 is 27.2. The second-order valence-corrected chi connectivity index (χ2v) is 9.33. The van der Waals surface area contributed by atoms with Crippen LogP contribution in [0.3, 0.4) is 0 Å². The van der Waals surface area contributed by atoms with Crippen molar-refractivity contribution in [2.45, 2.75) is 30.8 Å². The number of carbonyl (C=O) groups is 2. The number of urea groups is 1. The number of amides is 3. The molecule has 0 spiro atoms. The minimum absolute atomic E-state index is 0.0117. The first-order valence-corrected chi connectivity index (χ1v) is 9.85. The average molecular weight is 359 g/mol. The van der Waals surface area contributed by atoms with Crippen LogP contribution < -0.4 is 0 Å². The summed E-state index contributed by atoms with van der Waals surface area (Å²) in [5.74, 6) is 0. The van der Waals surface area contributed by atoms with Crippen LogP contribution in [0.4, 0.5) is 9.59 Å². The van der Waals surface area contributed by atoms with Crippen LogP contribution in [0.2, 0.25) is 0 Å². The van der Waals surface area contributed by atoms with Crippen LogP contribution in [-0.4, -0.2) is 91.0 Å². The van der Waals surface area contributed by atoms with Gasteiger partial charge in [0.2, 0.25) is 0 Å². The van der Waals surface area contributed by atoms with E-state index in [1.54, 1.807) is 4.90 Å². The molecule has 9 nitrogen and oxygen atoms in total. The molecule has 2 saturated heterocycles. The Hall–Kier alpha value is -1.55. The highest BCUT2D eigenvalue weighted by molar-refractivity contribution is 7.85. The van der Waals surface area contributed by atoms with Crippen molar-refractivity contribution in [3.05, 3.63) is 0 Å². The molecule has 0 radical (unpaired) electrons. The molecule has 5 rings (SSSR count). The maximum absolute atomic E-state index is 12.7. The zero-order valence-electron chi connectivity index (χ0n) is 13.5. The van der Waals surface area contributed by atoms with E-state index in [0.29, 0.717) is 26.2 Å². The molecule has 2 heterocycles. The van der Waals surface area contributed by atoms with E-state index in [2.05, 4.69) is 0 Å². The van der Waals surface area contributed by atoms with Gasteiger partial charge in [-0.1, -0.05) is 0 Å². The molecule has 3 aliphatic carbocycles. The van der Waals surface area contributed by atoms with Gasteiger partial charge < -0.3 is 19.8 Å². The largest absolute Gasteiger partial charge is 0.465 e. The number of rotatable bonds is 4. The van der Waals surface area contributed by atoms with Gasteiger partial charge in [-0.3, -0.25) is 4.18 Å². The third-order valence-corrected chi connectivity index (χ3v) is 6.43. The van der Waals surface area contributed by atoms with Gasteiger partial charge in [-0.15, -0.1) is 0 Å². The van der Waals surface area contributed by atoms with Gasteiger partial charge in [0.15, 0.2) is 0 Å². The van der Waals surface area contributed by atoms with E-state index in [-0.39, 0.29) is 29.6 Å². The minimum atomic E-state index is -3.44. The zero-order valence-corrected chi connectivity index (χ0v) is 14.3. The molecule has 24 heavy (non-hydrogen) atoms. The lowest BCUT2D eigenvalue weighted by atomic mass is 9.39. The van der Waals surface area contributed by atoms with Crippen LogP contribution >= 0.6 is 0 Å². The Morgan fingerprint density at radius 2 is 1.96 bits per heavy atom. The topological polar surface area (TPSA) is 107 Å². The van der Waals surface area contributed by atoms with Crippen LogP contribution in [-0.2, 0) is 14.3 Å². The van der Waals surface area contributed by atoms with Crippen molar-refractivity contribution in [3.8, 4) is 0 Å². The summed E-state index contributed by atoms with van der Waals surface area (Å²) in [5.41, 5.74) is -0.289. The first-order chi connectivity index (χ1) is 11.1. The van der Waals surface area contributed by atoms with Crippen molar-refractivity contribution in [2.24, 2.45) is 5.41 Å². The Morgan fingerprint density at radius 1 is 1.29 bits per heavy atom. The van der Waals surface area contributed by atoms with Crippen molar-refractivity contribution in [1.82, 2.24) is 14.7 Å². The predicted octanol–water partition coefficient (Wildman–Crippen LogP) is -0.0149. The molecule has 1 N–H and O–H groups in total. The number of piperazine rings is 1. The first kappa shape index (κ1) is 15.9. The van der Waals surface area contributed by atoms with Crippen molar-refractivity contribution in [1.29, 1.82) is 0 Å². The molecule has 134 valence electrons. The Morgan fingerprint density at radius 3 is 2.54 bits per heavy atom. The third kappa shape index (κ3) is 2.26. The Balaban J connectivity index is 1.38. The van der Waals surface area contributed by atoms with Gasteiger partial charge in [-0.2, -0.15) is 8.42 Å². The Labute approximate surface area is 140 Å². The van der Waals surface area contributed by atoms with Gasteiger partial charge in [0.25, 0.3) is 10.1 Å². The van der Waals surface area contributed by atoms with Crippen LogP contribution in [0.15, 0.2) is 0 Å². The van der Waals surface area contributed by atoms with Crippen LogP contribution in [0.1, 0.15) is 19.3 Å². The van der Waals surface area contributed by atoms with E-state index in [0.717, 1.165) is 25.5 Å². The molecular formula is C14H21N3O6S. The van der Waals surface area contributed by atoms with E-state index in [1.807, 2.05) is 4.90 Å². The standard InChI is InChI=1S/C14H21N3O6S/c1-24(21,22)23-9-13-6-14(7-13,8-13)17-5-10-4-15(12(19)20)2-3-16(10)11(17)18/h10H,2-9H2,1H3,(H,19,20). The summed E-state index contributed by atoms with van der Waals surface area (Å²) in [4.78, 5) is 28.8. The highest BCUT2D eigenvalue weighted by atomic mass is 32.2. The highest BCUT2D eigenvalue weighted by Gasteiger charge is 2.72. The number of carbonyl (C=O) groups excluding carboxylic acids is 1. The van der Waals surface area contributed by atoms with E-state index in [1.165, 1.54) is 4.90 Å². The maximum atomic E-state index is 12.7. The van der Waals surface area contributed by atoms with Crippen molar-refractivity contribution in [3.63, 3.8) is 0 Å². The predicted molar refractivity (Wildman–Crippen MR) is 82.0 cm³/mol. The highest BCUT2D eigenvalue weighted by Crippen LogP contribution is 2.70. The molecular weight excluding hydrogens is 338 g/mol. The fourth-order valence-corrected chi connectivity index (χ4v) is 5.35. The van der Waals surface area contributed by atoms with Crippen LogP contribution in [0.5, 0.6) is 0 Å². The molecule has 0 aromatic heterocycles. The van der Waals surface area contributed by atoms with Gasteiger partial charge >= 0.3 is 12.1 Å². The summed E-state index contributed by atoms with van der Waals surface area (Å²) in [7, 11) is -3.44. The summed E-state index contributed by atoms with van der Waals surface area (Å²) in [6.45, 7) is 1.88. The normalized spacial score (nSPS) is 37.8. The molecule has 1 atom stereocenters. The van der Waals surface area contributed by atoms with Gasteiger partial charge in [0.1, 0.15) is 0 Å². The van der Waals surface area contributed by atoms with E-state index < -0.39 is 16.2 Å². The molecule has 5 fully saturated rings. The average Bonchev–Trinajstić information content (AvgIpc) is 2.71. The lowest BCUT2D eigenvalue weighted by molar-refractivity contribution is -0.213. The number of hydrogen-bond acceptors (Lipinski definition) is 5. The Kier molecular flexibility index (Phi) is 3.16. The molecule has 3 saturated carbocycles. The van der Waals surface area contributed by atoms with Crippen molar-refractivity contribution >= 4 is 22.2 Å². The summed E-state index contributed by atoms with van der Waals surface area (Å²) in [6, 6.07) is -0.0954. The quantitative estimate of drug-likeness (QED) is 0.707. The van der Waals surface area contributed by atoms with Crippen molar-refractivity contribution < 1.29 is 27.3 Å². The van der Waals surface area contributed by atoms with Gasteiger partial charge in [-0.05, 0) is 19.3 Å². The summed E-state index contributed by atoms with van der Waals surface area (Å²) >= 11 is 0. The minimum Gasteiger partial charge on any atom is -0.465 e. The Bertz CT molecular complexity index is 688. The fourth-order valence-electron chi connectivity index (χ4n) is 4.89. The number of carboxylic acid groups (broad SMARTS) is 1.